The van der Waals surface area contributed by atoms with Gasteiger partial charge in [0.1, 0.15) is 17.8 Å². The molecule has 0 spiro atoms. The summed E-state index contributed by atoms with van der Waals surface area (Å²) in [7, 11) is 0. The molecule has 148 valence electrons. The first kappa shape index (κ1) is 19.4. The van der Waals surface area contributed by atoms with Crippen LogP contribution in [-0.4, -0.2) is 36.1 Å². The molecular weight excluding hydrogens is 400 g/mol. The van der Waals surface area contributed by atoms with Gasteiger partial charge < -0.3 is 9.80 Å². The Bertz CT molecular complexity index is 1170. The van der Waals surface area contributed by atoms with Crippen molar-refractivity contribution < 1.29 is 4.92 Å². The van der Waals surface area contributed by atoms with Crippen molar-refractivity contribution in [2.24, 2.45) is 0 Å². The van der Waals surface area contributed by atoms with E-state index in [1.807, 2.05) is 52.8 Å². The normalized spacial score (nSPS) is 13.5. The largest absolute Gasteiger partial charge is 0.362 e. The van der Waals surface area contributed by atoms with Gasteiger partial charge in [0.25, 0.3) is 5.69 Å². The molecule has 2 heterocycles. The lowest BCUT2D eigenvalue weighted by molar-refractivity contribution is -0.384. The van der Waals surface area contributed by atoms with Crippen LogP contribution in [0.1, 0.15) is 11.1 Å². The highest BCUT2D eigenvalue weighted by atomic mass is 32.1. The van der Waals surface area contributed by atoms with E-state index in [0.29, 0.717) is 31.9 Å². The van der Waals surface area contributed by atoms with Crippen LogP contribution in [0.5, 0.6) is 0 Å². The summed E-state index contributed by atoms with van der Waals surface area (Å²) in [6.07, 6.45) is 0. The molecule has 1 aliphatic heterocycles. The third kappa shape index (κ3) is 3.66. The number of benzene rings is 2. The number of nitriles is 2. The summed E-state index contributed by atoms with van der Waals surface area (Å²) < 4.78 is 0. The van der Waals surface area contributed by atoms with Gasteiger partial charge in [-0.05, 0) is 6.07 Å². The number of aromatic nitrogens is 1. The number of nitrogens with zero attached hydrogens (tertiary/aromatic N) is 6. The van der Waals surface area contributed by atoms with E-state index in [9.17, 15) is 15.4 Å². The van der Waals surface area contributed by atoms with Gasteiger partial charge in [-0.15, -0.1) is 11.3 Å². The van der Waals surface area contributed by atoms with Crippen LogP contribution >= 0.6 is 11.3 Å². The van der Waals surface area contributed by atoms with E-state index >= 15 is 0 Å². The molecule has 0 radical (unpaired) electrons. The molecule has 0 bridgehead atoms. The Morgan fingerprint density at radius 3 is 2.27 bits per heavy atom. The molecule has 0 atom stereocenters. The van der Waals surface area contributed by atoms with Gasteiger partial charge in [0.2, 0.25) is 0 Å². The fourth-order valence-electron chi connectivity index (χ4n) is 3.45. The first-order valence-corrected chi connectivity index (χ1v) is 10.1. The number of hydrogen-bond acceptors (Lipinski definition) is 8. The van der Waals surface area contributed by atoms with Gasteiger partial charge in [-0.1, -0.05) is 30.3 Å². The predicted octanol–water partition coefficient (Wildman–Crippen LogP) is 3.79. The Hall–Kier alpha value is -3.95. The number of piperazine rings is 1. The van der Waals surface area contributed by atoms with Gasteiger partial charge in [0, 0.05) is 43.2 Å². The number of hydrogen-bond donors (Lipinski definition) is 0. The first-order valence-electron chi connectivity index (χ1n) is 9.24. The summed E-state index contributed by atoms with van der Waals surface area (Å²) in [6.45, 7) is 2.41. The van der Waals surface area contributed by atoms with Crippen molar-refractivity contribution in [3.63, 3.8) is 0 Å². The van der Waals surface area contributed by atoms with Crippen LogP contribution in [-0.2, 0) is 0 Å². The van der Waals surface area contributed by atoms with Crippen molar-refractivity contribution in [3.8, 4) is 23.4 Å². The molecule has 1 fully saturated rings. The molecule has 0 N–H and O–H groups in total. The van der Waals surface area contributed by atoms with Crippen molar-refractivity contribution in [1.82, 2.24) is 4.98 Å². The minimum atomic E-state index is -0.503. The molecule has 0 saturated carbocycles. The van der Waals surface area contributed by atoms with Crippen LogP contribution in [0.15, 0.2) is 47.8 Å². The maximum atomic E-state index is 11.5. The van der Waals surface area contributed by atoms with Crippen LogP contribution in [0.3, 0.4) is 0 Å². The number of nitro groups is 1. The molecule has 4 rings (SSSR count). The smallest absolute Gasteiger partial charge is 0.293 e. The minimum absolute atomic E-state index is 0.0165. The van der Waals surface area contributed by atoms with E-state index in [4.69, 9.17) is 10.2 Å². The third-order valence-corrected chi connectivity index (χ3v) is 5.91. The number of rotatable bonds is 4. The molecule has 1 aromatic heterocycles. The fraction of sp³-hybridized carbons (Fsp3) is 0.190. The molecule has 0 unspecified atom stereocenters. The van der Waals surface area contributed by atoms with Crippen molar-refractivity contribution in [3.05, 3.63) is 69.1 Å². The number of anilines is 2. The summed E-state index contributed by atoms with van der Waals surface area (Å²) in [5.41, 5.74) is 2.38. The molecule has 30 heavy (non-hydrogen) atoms. The quantitative estimate of drug-likeness (QED) is 0.470. The SMILES string of the molecule is N#Cc1cc(N2CCN(c3nc(-c4ccccc4)cs3)CC2)c([N+](=O)[O-])cc1C#N. The second kappa shape index (κ2) is 8.19. The number of thiazole rings is 1. The van der Waals surface area contributed by atoms with Gasteiger partial charge in [0.15, 0.2) is 5.13 Å². The Labute approximate surface area is 177 Å². The van der Waals surface area contributed by atoms with Gasteiger partial charge in [-0.3, -0.25) is 10.1 Å². The standard InChI is InChI=1S/C21H16N6O2S/c22-12-16-10-19(20(27(28)29)11-17(16)13-23)25-6-8-26(9-7-25)21-24-18(14-30-21)15-4-2-1-3-5-15/h1-5,10-11,14H,6-9H2. The van der Waals surface area contributed by atoms with E-state index in [2.05, 4.69) is 4.90 Å². The lowest BCUT2D eigenvalue weighted by Gasteiger charge is -2.35. The Balaban J connectivity index is 1.53. The van der Waals surface area contributed by atoms with Crippen LogP contribution in [0, 0.1) is 32.8 Å². The van der Waals surface area contributed by atoms with Gasteiger partial charge in [0.05, 0.1) is 21.7 Å². The van der Waals surface area contributed by atoms with Crippen LogP contribution in [0.2, 0.25) is 0 Å². The maximum absolute atomic E-state index is 11.5. The monoisotopic (exact) mass is 416 g/mol. The summed E-state index contributed by atoms with van der Waals surface area (Å²) in [4.78, 5) is 19.8. The average molecular weight is 416 g/mol. The lowest BCUT2D eigenvalue weighted by atomic mass is 10.1. The minimum Gasteiger partial charge on any atom is -0.362 e. The molecule has 1 saturated heterocycles. The highest BCUT2D eigenvalue weighted by Crippen LogP contribution is 2.33. The molecule has 2 aromatic carbocycles. The van der Waals surface area contributed by atoms with E-state index in [0.717, 1.165) is 16.4 Å². The molecule has 1 aliphatic rings. The predicted molar refractivity (Wildman–Crippen MR) is 115 cm³/mol. The van der Waals surface area contributed by atoms with Gasteiger partial charge in [-0.25, -0.2) is 4.98 Å². The highest BCUT2D eigenvalue weighted by Gasteiger charge is 2.27. The van der Waals surface area contributed by atoms with E-state index < -0.39 is 4.92 Å². The molecule has 3 aromatic rings. The fourth-order valence-corrected chi connectivity index (χ4v) is 4.34. The zero-order valence-corrected chi connectivity index (χ0v) is 16.7. The summed E-state index contributed by atoms with van der Waals surface area (Å²) in [5.74, 6) is 0. The first-order chi connectivity index (χ1) is 14.6. The summed E-state index contributed by atoms with van der Waals surface area (Å²) >= 11 is 1.58. The summed E-state index contributed by atoms with van der Waals surface area (Å²) in [6, 6.07) is 16.4. The topological polar surface area (TPSA) is 110 Å². The van der Waals surface area contributed by atoms with Crippen LogP contribution in [0.4, 0.5) is 16.5 Å². The van der Waals surface area contributed by atoms with E-state index in [1.165, 1.54) is 12.1 Å². The van der Waals surface area contributed by atoms with Crippen LogP contribution in [0.25, 0.3) is 11.3 Å². The zero-order valence-electron chi connectivity index (χ0n) is 15.9. The van der Waals surface area contributed by atoms with Crippen LogP contribution < -0.4 is 9.80 Å². The molecular formula is C21H16N6O2S. The third-order valence-electron chi connectivity index (χ3n) is 5.00. The zero-order chi connectivity index (χ0) is 21.1. The van der Waals surface area contributed by atoms with Crippen molar-refractivity contribution >= 4 is 27.8 Å². The van der Waals surface area contributed by atoms with Crippen molar-refractivity contribution in [2.75, 3.05) is 36.0 Å². The second-order valence-electron chi connectivity index (χ2n) is 6.72. The van der Waals surface area contributed by atoms with Gasteiger partial charge in [-0.2, -0.15) is 10.5 Å². The molecule has 9 heteroatoms. The van der Waals surface area contributed by atoms with E-state index in [-0.39, 0.29) is 16.8 Å². The Morgan fingerprint density at radius 1 is 1.00 bits per heavy atom. The number of nitro benzene ring substituents is 1. The van der Waals surface area contributed by atoms with Gasteiger partial charge >= 0.3 is 0 Å². The van der Waals surface area contributed by atoms with E-state index in [1.54, 1.807) is 11.3 Å². The average Bonchev–Trinajstić information content (AvgIpc) is 3.29. The molecule has 8 nitrogen and oxygen atoms in total. The molecule has 0 amide bonds. The maximum Gasteiger partial charge on any atom is 0.293 e. The van der Waals surface area contributed by atoms with Crippen molar-refractivity contribution in [1.29, 1.82) is 10.5 Å². The highest BCUT2D eigenvalue weighted by molar-refractivity contribution is 7.14. The lowest BCUT2D eigenvalue weighted by Crippen LogP contribution is -2.46. The Kier molecular flexibility index (Phi) is 5.29. The Morgan fingerprint density at radius 2 is 1.63 bits per heavy atom. The molecule has 0 aliphatic carbocycles. The summed E-state index contributed by atoms with van der Waals surface area (Å²) in [5, 5.41) is 32.9. The van der Waals surface area contributed by atoms with Crippen molar-refractivity contribution in [2.45, 2.75) is 0 Å². The second-order valence-corrected chi connectivity index (χ2v) is 7.56.